The second-order valence-electron chi connectivity index (χ2n) is 6.94. The molecule has 0 fully saturated rings. The zero-order valence-corrected chi connectivity index (χ0v) is 18.5. The maximum atomic E-state index is 13.1. The Kier molecular flexibility index (Phi) is 7.52. The number of methoxy groups -OCH3 is 1. The lowest BCUT2D eigenvalue weighted by Gasteiger charge is -2.22. The fourth-order valence-corrected chi connectivity index (χ4v) is 3.32. The van der Waals surface area contributed by atoms with Crippen molar-refractivity contribution in [2.24, 2.45) is 0 Å². The van der Waals surface area contributed by atoms with Gasteiger partial charge in [-0.15, -0.1) is 0 Å². The van der Waals surface area contributed by atoms with E-state index in [-0.39, 0.29) is 17.6 Å². The highest BCUT2D eigenvalue weighted by atomic mass is 35.5. The first-order chi connectivity index (χ1) is 15.4. The van der Waals surface area contributed by atoms with Gasteiger partial charge in [0.1, 0.15) is 0 Å². The number of benzene rings is 3. The number of anilines is 1. The summed E-state index contributed by atoms with van der Waals surface area (Å²) in [7, 11) is 3.03. The number of nitrogens with one attached hydrogen (secondary N) is 1. The average Bonchev–Trinajstić information content (AvgIpc) is 2.81. The van der Waals surface area contributed by atoms with Gasteiger partial charge in [0.25, 0.3) is 11.8 Å². The minimum absolute atomic E-state index is 0.0229. The van der Waals surface area contributed by atoms with Crippen molar-refractivity contribution in [2.45, 2.75) is 6.54 Å². The summed E-state index contributed by atoms with van der Waals surface area (Å²) in [4.78, 5) is 26.6. The normalized spacial score (nSPS) is 10.7. The molecular weight excluding hydrogens is 428 g/mol. The zero-order valence-electron chi connectivity index (χ0n) is 17.7. The van der Waals surface area contributed by atoms with E-state index in [1.165, 1.54) is 19.3 Å². The first-order valence-corrected chi connectivity index (χ1v) is 10.2. The molecule has 0 spiro atoms. The molecule has 0 saturated carbocycles. The third kappa shape index (κ3) is 5.68. The predicted molar refractivity (Wildman–Crippen MR) is 126 cm³/mol. The number of phenolic OH excluding ortho intramolecular Hbond substituents is 1. The maximum absolute atomic E-state index is 13.1. The van der Waals surface area contributed by atoms with Crippen LogP contribution in [-0.2, 0) is 11.3 Å². The lowest BCUT2D eigenvalue weighted by atomic mass is 10.1. The summed E-state index contributed by atoms with van der Waals surface area (Å²) in [6.07, 6.45) is 3.09. The van der Waals surface area contributed by atoms with E-state index < -0.39 is 0 Å². The van der Waals surface area contributed by atoms with Gasteiger partial charge in [-0.1, -0.05) is 29.8 Å². The number of ether oxygens (including phenoxy) is 1. The van der Waals surface area contributed by atoms with E-state index in [0.29, 0.717) is 34.1 Å². The van der Waals surface area contributed by atoms with Crippen LogP contribution in [-0.4, -0.2) is 31.1 Å². The molecule has 0 unspecified atom stereocenters. The number of phenols is 1. The van der Waals surface area contributed by atoms with E-state index in [0.717, 1.165) is 5.56 Å². The summed E-state index contributed by atoms with van der Waals surface area (Å²) in [5, 5.41) is 12.9. The Balaban J connectivity index is 1.90. The summed E-state index contributed by atoms with van der Waals surface area (Å²) in [5.41, 5.74) is 2.69. The number of amides is 2. The van der Waals surface area contributed by atoms with Gasteiger partial charge in [0.05, 0.1) is 13.7 Å². The standard InChI is InChI=1S/C25H23ClN2O4/c1-27-25(31)19-8-10-21(11-9-19)28(16-18-4-3-5-20(26)14-18)24(30)13-7-17-6-12-22(29)23(15-17)32-2/h3-15,29H,16H2,1-2H3,(H,27,31)/b13-7+. The number of halogens is 1. The molecule has 0 bridgehead atoms. The van der Waals surface area contributed by atoms with Crippen molar-refractivity contribution in [1.29, 1.82) is 0 Å². The average molecular weight is 451 g/mol. The van der Waals surface area contributed by atoms with Crippen LogP contribution in [0.5, 0.6) is 11.5 Å². The Morgan fingerprint density at radius 3 is 2.50 bits per heavy atom. The van der Waals surface area contributed by atoms with Crippen molar-refractivity contribution >= 4 is 35.2 Å². The summed E-state index contributed by atoms with van der Waals surface area (Å²) >= 11 is 6.11. The molecule has 0 saturated heterocycles. The molecule has 3 aromatic carbocycles. The second kappa shape index (κ2) is 10.5. The minimum atomic E-state index is -0.260. The molecule has 0 aliphatic carbocycles. The first kappa shape index (κ1) is 22.9. The van der Waals surface area contributed by atoms with Gasteiger partial charge < -0.3 is 20.1 Å². The lowest BCUT2D eigenvalue weighted by molar-refractivity contribution is -0.114. The van der Waals surface area contributed by atoms with Gasteiger partial charge in [-0.05, 0) is 65.7 Å². The number of carbonyl (C=O) groups excluding carboxylic acids is 2. The maximum Gasteiger partial charge on any atom is 0.251 e. The quantitative estimate of drug-likeness (QED) is 0.513. The van der Waals surface area contributed by atoms with Crippen molar-refractivity contribution in [3.05, 3.63) is 94.5 Å². The lowest BCUT2D eigenvalue weighted by Crippen LogP contribution is -2.28. The third-order valence-electron chi connectivity index (χ3n) is 4.79. The van der Waals surface area contributed by atoms with Gasteiger partial charge in [-0.25, -0.2) is 0 Å². The van der Waals surface area contributed by atoms with Gasteiger partial charge in [0, 0.05) is 29.4 Å². The van der Waals surface area contributed by atoms with Crippen LogP contribution in [0.3, 0.4) is 0 Å². The molecule has 3 aromatic rings. The van der Waals surface area contributed by atoms with Crippen LogP contribution < -0.4 is 15.0 Å². The molecule has 0 aliphatic heterocycles. The fourth-order valence-electron chi connectivity index (χ4n) is 3.11. The second-order valence-corrected chi connectivity index (χ2v) is 7.38. The Labute approximate surface area is 191 Å². The Morgan fingerprint density at radius 2 is 1.84 bits per heavy atom. The van der Waals surface area contributed by atoms with Crippen LogP contribution in [0.15, 0.2) is 72.8 Å². The van der Waals surface area contributed by atoms with Crippen LogP contribution in [0.2, 0.25) is 5.02 Å². The first-order valence-electron chi connectivity index (χ1n) is 9.84. The van der Waals surface area contributed by atoms with Gasteiger partial charge in [0.15, 0.2) is 11.5 Å². The molecule has 2 amide bonds. The van der Waals surface area contributed by atoms with E-state index in [1.807, 2.05) is 12.1 Å². The van der Waals surface area contributed by atoms with Crippen molar-refractivity contribution in [2.75, 3.05) is 19.1 Å². The highest BCUT2D eigenvalue weighted by Crippen LogP contribution is 2.27. The molecule has 164 valence electrons. The van der Waals surface area contributed by atoms with Crippen molar-refractivity contribution in [3.8, 4) is 11.5 Å². The number of aromatic hydroxyl groups is 1. The van der Waals surface area contributed by atoms with Crippen LogP contribution >= 0.6 is 11.6 Å². The fraction of sp³-hybridized carbons (Fsp3) is 0.120. The van der Waals surface area contributed by atoms with Gasteiger partial charge in [-0.3, -0.25) is 9.59 Å². The Hall–Kier alpha value is -3.77. The Bertz CT molecular complexity index is 1140. The molecular formula is C25H23ClN2O4. The van der Waals surface area contributed by atoms with Crippen LogP contribution in [0, 0.1) is 0 Å². The molecule has 32 heavy (non-hydrogen) atoms. The Morgan fingerprint density at radius 1 is 1.09 bits per heavy atom. The number of nitrogens with zero attached hydrogens (tertiary/aromatic N) is 1. The predicted octanol–water partition coefficient (Wildman–Crippen LogP) is 4.66. The van der Waals surface area contributed by atoms with E-state index in [1.54, 1.807) is 66.6 Å². The highest BCUT2D eigenvalue weighted by molar-refractivity contribution is 6.30. The summed E-state index contributed by atoms with van der Waals surface area (Å²) in [6, 6.07) is 18.9. The topological polar surface area (TPSA) is 78.9 Å². The largest absolute Gasteiger partial charge is 0.504 e. The van der Waals surface area contributed by atoms with Crippen molar-refractivity contribution in [1.82, 2.24) is 5.32 Å². The molecule has 0 atom stereocenters. The van der Waals surface area contributed by atoms with E-state index in [4.69, 9.17) is 16.3 Å². The van der Waals surface area contributed by atoms with Crippen LogP contribution in [0.4, 0.5) is 5.69 Å². The summed E-state index contributed by atoms with van der Waals surface area (Å²) in [6.45, 7) is 0.294. The number of rotatable bonds is 7. The van der Waals surface area contributed by atoms with Gasteiger partial charge >= 0.3 is 0 Å². The number of carbonyl (C=O) groups is 2. The third-order valence-corrected chi connectivity index (χ3v) is 5.02. The molecule has 0 aliphatic rings. The number of hydrogen-bond donors (Lipinski definition) is 2. The zero-order chi connectivity index (χ0) is 23.1. The molecule has 0 heterocycles. The van der Waals surface area contributed by atoms with Crippen molar-refractivity contribution < 1.29 is 19.4 Å². The minimum Gasteiger partial charge on any atom is -0.504 e. The van der Waals surface area contributed by atoms with Crippen LogP contribution in [0.25, 0.3) is 6.08 Å². The highest BCUT2D eigenvalue weighted by Gasteiger charge is 2.15. The van der Waals surface area contributed by atoms with Gasteiger partial charge in [-0.2, -0.15) is 0 Å². The molecule has 0 radical (unpaired) electrons. The SMILES string of the molecule is CNC(=O)c1ccc(N(Cc2cccc(Cl)c2)C(=O)/C=C/c2ccc(O)c(OC)c2)cc1. The number of hydrogen-bond acceptors (Lipinski definition) is 4. The van der Waals surface area contributed by atoms with Gasteiger partial charge in [0.2, 0.25) is 0 Å². The summed E-state index contributed by atoms with van der Waals surface area (Å²) in [5.74, 6) is -0.120. The van der Waals surface area contributed by atoms with Crippen molar-refractivity contribution in [3.63, 3.8) is 0 Å². The van der Waals surface area contributed by atoms with E-state index in [2.05, 4.69) is 5.32 Å². The molecule has 6 nitrogen and oxygen atoms in total. The van der Waals surface area contributed by atoms with Crippen LogP contribution in [0.1, 0.15) is 21.5 Å². The van der Waals surface area contributed by atoms with E-state index in [9.17, 15) is 14.7 Å². The monoisotopic (exact) mass is 450 g/mol. The molecule has 3 rings (SSSR count). The smallest absolute Gasteiger partial charge is 0.251 e. The summed E-state index contributed by atoms with van der Waals surface area (Å²) < 4.78 is 5.11. The molecule has 0 aromatic heterocycles. The van der Waals surface area contributed by atoms with E-state index >= 15 is 0 Å². The molecule has 2 N–H and O–H groups in total. The molecule has 7 heteroatoms.